The predicted molar refractivity (Wildman–Crippen MR) is 68.0 cm³/mol. The molecule has 0 amide bonds. The monoisotopic (exact) mass is 235 g/mol. The molecule has 3 nitrogen and oxygen atoms in total. The Balaban J connectivity index is 2.45. The third-order valence-corrected chi connectivity index (χ3v) is 3.03. The van der Waals surface area contributed by atoms with Crippen molar-refractivity contribution in [3.05, 3.63) is 30.5 Å². The van der Waals surface area contributed by atoms with Crippen molar-refractivity contribution in [3.63, 3.8) is 0 Å². The number of anilines is 1. The van der Waals surface area contributed by atoms with Gasteiger partial charge in [-0.05, 0) is 13.8 Å². The number of fused-ring (bicyclic) bond motifs is 1. The summed E-state index contributed by atoms with van der Waals surface area (Å²) in [6, 6.07) is 8.02. The van der Waals surface area contributed by atoms with Crippen LogP contribution in [-0.4, -0.2) is 21.6 Å². The second-order valence-corrected chi connectivity index (χ2v) is 4.69. The molecule has 0 aliphatic rings. The Morgan fingerprint density at radius 3 is 2.81 bits per heavy atom. The van der Waals surface area contributed by atoms with Crippen LogP contribution in [0.4, 0.5) is 5.82 Å². The van der Waals surface area contributed by atoms with E-state index in [0.29, 0.717) is 5.88 Å². The second kappa shape index (κ2) is 4.26. The van der Waals surface area contributed by atoms with Crippen molar-refractivity contribution < 1.29 is 0 Å². The molecular weight excluding hydrogens is 222 g/mol. The SMILES string of the molecule is CC(C)(CCl)Nc1nncc2ccccc12. The van der Waals surface area contributed by atoms with Crippen LogP contribution in [0.5, 0.6) is 0 Å². The third kappa shape index (κ3) is 2.25. The Kier molecular flexibility index (Phi) is 2.97. The first kappa shape index (κ1) is 11.1. The highest BCUT2D eigenvalue weighted by Crippen LogP contribution is 2.22. The van der Waals surface area contributed by atoms with E-state index < -0.39 is 0 Å². The van der Waals surface area contributed by atoms with Crippen LogP contribution < -0.4 is 5.32 Å². The molecule has 0 unspecified atom stereocenters. The Morgan fingerprint density at radius 2 is 2.06 bits per heavy atom. The number of nitrogens with zero attached hydrogens (tertiary/aromatic N) is 2. The van der Waals surface area contributed by atoms with Crippen molar-refractivity contribution in [3.8, 4) is 0 Å². The maximum absolute atomic E-state index is 5.88. The first-order chi connectivity index (χ1) is 7.62. The summed E-state index contributed by atoms with van der Waals surface area (Å²) in [4.78, 5) is 0. The molecule has 84 valence electrons. The zero-order valence-electron chi connectivity index (χ0n) is 9.37. The quantitative estimate of drug-likeness (QED) is 0.831. The standard InChI is InChI=1S/C12H14ClN3/c1-12(2,8-13)15-11-10-6-4-3-5-9(10)7-14-16-11/h3-7H,8H2,1-2H3,(H,15,16). The lowest BCUT2D eigenvalue weighted by atomic mass is 10.1. The lowest BCUT2D eigenvalue weighted by Gasteiger charge is -2.24. The molecule has 2 aromatic rings. The number of benzene rings is 1. The number of aromatic nitrogens is 2. The molecule has 0 spiro atoms. The molecule has 0 saturated heterocycles. The molecule has 0 fully saturated rings. The van der Waals surface area contributed by atoms with E-state index in [1.54, 1.807) is 6.20 Å². The molecule has 4 heteroatoms. The van der Waals surface area contributed by atoms with Gasteiger partial charge in [0.05, 0.1) is 6.20 Å². The van der Waals surface area contributed by atoms with Crippen LogP contribution in [0.15, 0.2) is 30.5 Å². The molecule has 0 bridgehead atoms. The molecule has 1 N–H and O–H groups in total. The molecule has 16 heavy (non-hydrogen) atoms. The second-order valence-electron chi connectivity index (χ2n) is 4.42. The van der Waals surface area contributed by atoms with Gasteiger partial charge in [-0.15, -0.1) is 16.7 Å². The summed E-state index contributed by atoms with van der Waals surface area (Å²) in [6.07, 6.45) is 1.76. The van der Waals surface area contributed by atoms with Crippen LogP contribution in [-0.2, 0) is 0 Å². The van der Waals surface area contributed by atoms with Gasteiger partial charge in [-0.3, -0.25) is 0 Å². The largest absolute Gasteiger partial charge is 0.362 e. The zero-order valence-corrected chi connectivity index (χ0v) is 10.1. The van der Waals surface area contributed by atoms with Gasteiger partial charge < -0.3 is 5.32 Å². The summed E-state index contributed by atoms with van der Waals surface area (Å²) in [5.74, 6) is 1.29. The highest BCUT2D eigenvalue weighted by molar-refractivity contribution is 6.18. The summed E-state index contributed by atoms with van der Waals surface area (Å²) in [6.45, 7) is 4.06. The molecule has 1 aromatic carbocycles. The van der Waals surface area contributed by atoms with E-state index in [1.165, 1.54) is 0 Å². The van der Waals surface area contributed by atoms with E-state index in [0.717, 1.165) is 16.6 Å². The molecule has 0 radical (unpaired) electrons. The average molecular weight is 236 g/mol. The third-order valence-electron chi connectivity index (χ3n) is 2.36. The fourth-order valence-corrected chi connectivity index (χ4v) is 1.54. The minimum Gasteiger partial charge on any atom is -0.362 e. The summed E-state index contributed by atoms with van der Waals surface area (Å²) in [5, 5.41) is 13.5. The zero-order chi connectivity index (χ0) is 11.6. The first-order valence-corrected chi connectivity index (χ1v) is 5.70. The first-order valence-electron chi connectivity index (χ1n) is 5.17. The number of halogens is 1. The molecule has 0 atom stereocenters. The Hall–Kier alpha value is -1.35. The summed E-state index contributed by atoms with van der Waals surface area (Å²) >= 11 is 5.88. The molecular formula is C12H14ClN3. The smallest absolute Gasteiger partial charge is 0.157 e. The van der Waals surface area contributed by atoms with Gasteiger partial charge in [-0.2, -0.15) is 5.10 Å². The van der Waals surface area contributed by atoms with Crippen molar-refractivity contribution in [2.24, 2.45) is 0 Å². The van der Waals surface area contributed by atoms with Gasteiger partial charge in [-0.1, -0.05) is 24.3 Å². The van der Waals surface area contributed by atoms with E-state index >= 15 is 0 Å². The lowest BCUT2D eigenvalue weighted by molar-refractivity contribution is 0.637. The number of hydrogen-bond donors (Lipinski definition) is 1. The van der Waals surface area contributed by atoms with Crippen LogP contribution in [0.2, 0.25) is 0 Å². The van der Waals surface area contributed by atoms with Crippen LogP contribution in [0.1, 0.15) is 13.8 Å². The van der Waals surface area contributed by atoms with E-state index in [1.807, 2.05) is 38.1 Å². The van der Waals surface area contributed by atoms with Crippen LogP contribution in [0.3, 0.4) is 0 Å². The number of rotatable bonds is 3. The molecule has 1 aromatic heterocycles. The van der Waals surface area contributed by atoms with E-state index in [2.05, 4.69) is 15.5 Å². The fourth-order valence-electron chi connectivity index (χ4n) is 1.47. The predicted octanol–water partition coefficient (Wildman–Crippen LogP) is 3.06. The molecule has 2 rings (SSSR count). The van der Waals surface area contributed by atoms with Gasteiger partial charge >= 0.3 is 0 Å². The van der Waals surface area contributed by atoms with Gasteiger partial charge in [-0.25, -0.2) is 0 Å². The number of hydrogen-bond acceptors (Lipinski definition) is 3. The molecule has 0 aliphatic carbocycles. The van der Waals surface area contributed by atoms with Crippen LogP contribution in [0.25, 0.3) is 10.8 Å². The number of nitrogens with one attached hydrogen (secondary N) is 1. The minimum atomic E-state index is -0.194. The van der Waals surface area contributed by atoms with Crippen LogP contribution >= 0.6 is 11.6 Å². The minimum absolute atomic E-state index is 0.194. The van der Waals surface area contributed by atoms with Crippen molar-refractivity contribution >= 4 is 28.2 Å². The van der Waals surface area contributed by atoms with Gasteiger partial charge in [0, 0.05) is 22.2 Å². The van der Waals surface area contributed by atoms with E-state index in [9.17, 15) is 0 Å². The average Bonchev–Trinajstić information content (AvgIpc) is 2.29. The maximum Gasteiger partial charge on any atom is 0.157 e. The molecule has 1 heterocycles. The summed E-state index contributed by atoms with van der Waals surface area (Å²) in [5.41, 5.74) is -0.194. The topological polar surface area (TPSA) is 37.8 Å². The fraction of sp³-hybridized carbons (Fsp3) is 0.333. The normalized spacial score (nSPS) is 11.7. The van der Waals surface area contributed by atoms with Crippen molar-refractivity contribution in [2.45, 2.75) is 19.4 Å². The summed E-state index contributed by atoms with van der Waals surface area (Å²) in [7, 11) is 0. The van der Waals surface area contributed by atoms with Crippen molar-refractivity contribution in [1.82, 2.24) is 10.2 Å². The number of alkyl halides is 1. The van der Waals surface area contributed by atoms with E-state index in [-0.39, 0.29) is 5.54 Å². The highest BCUT2D eigenvalue weighted by Gasteiger charge is 2.17. The molecule has 0 aliphatic heterocycles. The van der Waals surface area contributed by atoms with Gasteiger partial charge in [0.25, 0.3) is 0 Å². The Morgan fingerprint density at radius 1 is 1.31 bits per heavy atom. The highest BCUT2D eigenvalue weighted by atomic mass is 35.5. The van der Waals surface area contributed by atoms with E-state index in [4.69, 9.17) is 11.6 Å². The van der Waals surface area contributed by atoms with Gasteiger partial charge in [0.1, 0.15) is 0 Å². The van der Waals surface area contributed by atoms with Gasteiger partial charge in [0.2, 0.25) is 0 Å². The van der Waals surface area contributed by atoms with Gasteiger partial charge in [0.15, 0.2) is 5.82 Å². The molecule has 0 saturated carbocycles. The Labute approximate surface area is 99.8 Å². The van der Waals surface area contributed by atoms with Crippen molar-refractivity contribution in [2.75, 3.05) is 11.2 Å². The maximum atomic E-state index is 5.88. The Bertz CT molecular complexity index is 491. The van der Waals surface area contributed by atoms with Crippen LogP contribution in [0, 0.1) is 0 Å². The van der Waals surface area contributed by atoms with Crippen molar-refractivity contribution in [1.29, 1.82) is 0 Å². The summed E-state index contributed by atoms with van der Waals surface area (Å²) < 4.78 is 0. The lowest BCUT2D eigenvalue weighted by Crippen LogP contribution is -2.33.